The van der Waals surface area contributed by atoms with Crippen molar-refractivity contribution < 1.29 is 19.1 Å². The molecule has 2 aromatic rings. The number of urea groups is 1. The maximum atomic E-state index is 12.4. The number of benzene rings is 2. The Morgan fingerprint density at radius 2 is 1.93 bits per heavy atom. The highest BCUT2D eigenvalue weighted by molar-refractivity contribution is 9.10. The molecule has 2 aliphatic heterocycles. The molecule has 1 fully saturated rings. The van der Waals surface area contributed by atoms with Crippen LogP contribution in [-0.2, 0) is 4.79 Å². The lowest BCUT2D eigenvalue weighted by Gasteiger charge is -2.22. The molecule has 2 N–H and O–H groups in total. The highest BCUT2D eigenvalue weighted by atomic mass is 79.9. The molecule has 1 atom stereocenters. The minimum absolute atomic E-state index is 0.0422. The molecule has 27 heavy (non-hydrogen) atoms. The summed E-state index contributed by atoms with van der Waals surface area (Å²) in [4.78, 5) is 26.3. The predicted molar refractivity (Wildman–Crippen MR) is 104 cm³/mol. The quantitative estimate of drug-likeness (QED) is 0.781. The normalized spacial score (nSPS) is 18.3. The predicted octanol–water partition coefficient (Wildman–Crippen LogP) is 3.15. The van der Waals surface area contributed by atoms with Crippen LogP contribution in [0.3, 0.4) is 0 Å². The maximum Gasteiger partial charge on any atom is 0.319 e. The molecule has 2 aromatic carbocycles. The molecule has 0 aromatic heterocycles. The zero-order valence-electron chi connectivity index (χ0n) is 14.4. The van der Waals surface area contributed by atoms with Gasteiger partial charge in [-0.3, -0.25) is 4.79 Å². The number of nitrogens with one attached hydrogen (secondary N) is 2. The van der Waals surface area contributed by atoms with Gasteiger partial charge in [-0.2, -0.15) is 0 Å². The molecule has 2 aliphatic rings. The lowest BCUT2D eigenvalue weighted by Crippen LogP contribution is -2.39. The van der Waals surface area contributed by atoms with Gasteiger partial charge in [0.2, 0.25) is 5.91 Å². The van der Waals surface area contributed by atoms with E-state index in [1.54, 1.807) is 29.2 Å². The molecule has 0 radical (unpaired) electrons. The van der Waals surface area contributed by atoms with Crippen LogP contribution in [0.25, 0.3) is 0 Å². The van der Waals surface area contributed by atoms with E-state index in [9.17, 15) is 9.59 Å². The molecule has 1 saturated heterocycles. The number of fused-ring (bicyclic) bond motifs is 1. The fourth-order valence-electron chi connectivity index (χ4n) is 3.17. The minimum Gasteiger partial charge on any atom is -0.486 e. The highest BCUT2D eigenvalue weighted by Crippen LogP contribution is 2.35. The smallest absolute Gasteiger partial charge is 0.319 e. The number of nitrogens with zero attached hydrogens (tertiary/aromatic N) is 1. The molecule has 140 valence electrons. The van der Waals surface area contributed by atoms with E-state index in [2.05, 4.69) is 26.6 Å². The Morgan fingerprint density at radius 3 is 2.74 bits per heavy atom. The Hall–Kier alpha value is -2.74. The van der Waals surface area contributed by atoms with Crippen LogP contribution < -0.4 is 25.0 Å². The average Bonchev–Trinajstić information content (AvgIpc) is 3.01. The monoisotopic (exact) mass is 431 g/mol. The van der Waals surface area contributed by atoms with E-state index in [1.807, 2.05) is 18.2 Å². The van der Waals surface area contributed by atoms with Crippen molar-refractivity contribution >= 4 is 39.2 Å². The summed E-state index contributed by atoms with van der Waals surface area (Å²) in [6.45, 7) is 1.42. The molecule has 2 heterocycles. The Bertz CT molecular complexity index is 889. The molecule has 4 rings (SSSR count). The van der Waals surface area contributed by atoms with Crippen LogP contribution in [0.15, 0.2) is 46.9 Å². The first-order valence-electron chi connectivity index (χ1n) is 8.61. The fraction of sp³-hybridized carbons (Fsp3) is 0.263. The van der Waals surface area contributed by atoms with Crippen molar-refractivity contribution in [1.82, 2.24) is 5.32 Å². The first kappa shape index (κ1) is 17.7. The van der Waals surface area contributed by atoms with Crippen LogP contribution in [0.1, 0.15) is 6.42 Å². The number of rotatable bonds is 3. The van der Waals surface area contributed by atoms with Crippen LogP contribution in [0, 0.1) is 0 Å². The molecule has 3 amide bonds. The Kier molecular flexibility index (Phi) is 4.89. The molecule has 0 saturated carbocycles. The summed E-state index contributed by atoms with van der Waals surface area (Å²) in [6, 6.07) is 12.1. The number of halogens is 1. The van der Waals surface area contributed by atoms with E-state index >= 15 is 0 Å². The SMILES string of the molecule is O=C(Nc1cccc(Br)c1)N[C@H]1CC(=O)N(c2ccc3c(c2)OCCO3)C1. The lowest BCUT2D eigenvalue weighted by atomic mass is 10.2. The molecular formula is C19H18BrN3O4. The first-order chi connectivity index (χ1) is 13.1. The van der Waals surface area contributed by atoms with Crippen LogP contribution in [0.2, 0.25) is 0 Å². The van der Waals surface area contributed by atoms with Gasteiger partial charge in [0.25, 0.3) is 0 Å². The summed E-state index contributed by atoms with van der Waals surface area (Å²) in [5, 5.41) is 5.63. The van der Waals surface area contributed by atoms with Gasteiger partial charge < -0.3 is 25.0 Å². The summed E-state index contributed by atoms with van der Waals surface area (Å²) in [6.07, 6.45) is 0.250. The summed E-state index contributed by atoms with van der Waals surface area (Å²) >= 11 is 3.37. The first-order valence-corrected chi connectivity index (χ1v) is 9.41. The second-order valence-corrected chi connectivity index (χ2v) is 7.26. The van der Waals surface area contributed by atoms with Gasteiger partial charge in [0.15, 0.2) is 11.5 Å². The van der Waals surface area contributed by atoms with E-state index in [1.165, 1.54) is 0 Å². The molecule has 7 nitrogen and oxygen atoms in total. The van der Waals surface area contributed by atoms with Crippen molar-refractivity contribution in [3.05, 3.63) is 46.9 Å². The average molecular weight is 432 g/mol. The van der Waals surface area contributed by atoms with Crippen LogP contribution >= 0.6 is 15.9 Å². The lowest BCUT2D eigenvalue weighted by molar-refractivity contribution is -0.117. The van der Waals surface area contributed by atoms with Gasteiger partial charge in [-0.15, -0.1) is 0 Å². The van der Waals surface area contributed by atoms with Gasteiger partial charge in [-0.25, -0.2) is 4.79 Å². The summed E-state index contributed by atoms with van der Waals surface area (Å²) < 4.78 is 12.0. The van der Waals surface area contributed by atoms with Gasteiger partial charge in [0.05, 0.1) is 6.04 Å². The van der Waals surface area contributed by atoms with Gasteiger partial charge in [0, 0.05) is 34.9 Å². The number of carbonyl (C=O) groups excluding carboxylic acids is 2. The molecule has 0 bridgehead atoms. The van der Waals surface area contributed by atoms with Gasteiger partial charge >= 0.3 is 6.03 Å². The van der Waals surface area contributed by atoms with Gasteiger partial charge in [-0.05, 0) is 30.3 Å². The van der Waals surface area contributed by atoms with Crippen molar-refractivity contribution in [2.24, 2.45) is 0 Å². The van der Waals surface area contributed by atoms with Gasteiger partial charge in [-0.1, -0.05) is 22.0 Å². The van der Waals surface area contributed by atoms with Crippen molar-refractivity contribution in [2.75, 3.05) is 30.0 Å². The second-order valence-electron chi connectivity index (χ2n) is 6.34. The van der Waals surface area contributed by atoms with E-state index in [0.717, 1.165) is 10.2 Å². The van der Waals surface area contributed by atoms with E-state index in [0.29, 0.717) is 36.9 Å². The number of amides is 3. The topological polar surface area (TPSA) is 79.9 Å². The third-order valence-electron chi connectivity index (χ3n) is 4.38. The van der Waals surface area contributed by atoms with E-state index < -0.39 is 0 Å². The molecule has 0 aliphatic carbocycles. The van der Waals surface area contributed by atoms with E-state index in [-0.39, 0.29) is 24.4 Å². The van der Waals surface area contributed by atoms with Gasteiger partial charge in [0.1, 0.15) is 13.2 Å². The summed E-state index contributed by atoms with van der Waals surface area (Å²) in [7, 11) is 0. The maximum absolute atomic E-state index is 12.4. The zero-order valence-corrected chi connectivity index (χ0v) is 16.0. The highest BCUT2D eigenvalue weighted by Gasteiger charge is 2.32. The molecule has 0 unspecified atom stereocenters. The standard InChI is InChI=1S/C19H18BrN3O4/c20-12-2-1-3-13(8-12)21-19(25)22-14-9-18(24)23(11-14)15-4-5-16-17(10-15)27-7-6-26-16/h1-5,8,10,14H,6-7,9,11H2,(H2,21,22,25)/t14-/m0/s1. The third-order valence-corrected chi connectivity index (χ3v) is 4.87. The van der Waals surface area contributed by atoms with Crippen LogP contribution in [0.5, 0.6) is 11.5 Å². The molecule has 0 spiro atoms. The number of hydrogen-bond donors (Lipinski definition) is 2. The summed E-state index contributed by atoms with van der Waals surface area (Å²) in [5.41, 5.74) is 1.41. The summed E-state index contributed by atoms with van der Waals surface area (Å²) in [5.74, 6) is 1.27. The zero-order chi connectivity index (χ0) is 18.8. The second kappa shape index (κ2) is 7.48. The molecular weight excluding hydrogens is 414 g/mol. The van der Waals surface area contributed by atoms with Crippen LogP contribution in [-0.4, -0.2) is 37.7 Å². The van der Waals surface area contributed by atoms with E-state index in [4.69, 9.17) is 9.47 Å². The number of ether oxygens (including phenoxy) is 2. The Morgan fingerprint density at radius 1 is 1.11 bits per heavy atom. The number of anilines is 2. The largest absolute Gasteiger partial charge is 0.486 e. The minimum atomic E-state index is -0.338. The van der Waals surface area contributed by atoms with Crippen LogP contribution in [0.4, 0.5) is 16.2 Å². The van der Waals surface area contributed by atoms with Crippen molar-refractivity contribution in [3.8, 4) is 11.5 Å². The van der Waals surface area contributed by atoms with Crippen molar-refractivity contribution in [1.29, 1.82) is 0 Å². The number of carbonyl (C=O) groups is 2. The third kappa shape index (κ3) is 4.00. The number of hydrogen-bond acceptors (Lipinski definition) is 4. The fourth-order valence-corrected chi connectivity index (χ4v) is 3.57. The Labute approximate surface area is 164 Å². The Balaban J connectivity index is 1.39. The van der Waals surface area contributed by atoms with Crippen molar-refractivity contribution in [2.45, 2.75) is 12.5 Å². The molecule has 8 heteroatoms. The van der Waals surface area contributed by atoms with Crippen molar-refractivity contribution in [3.63, 3.8) is 0 Å².